The second-order valence-corrected chi connectivity index (χ2v) is 4.15. The summed E-state index contributed by atoms with van der Waals surface area (Å²) in [7, 11) is 0. The van der Waals surface area contributed by atoms with Gasteiger partial charge in [-0.15, -0.1) is 11.3 Å². The molecule has 1 N–H and O–H groups in total. The van der Waals surface area contributed by atoms with Crippen molar-refractivity contribution in [2.75, 3.05) is 11.9 Å². The van der Waals surface area contributed by atoms with Crippen molar-refractivity contribution in [3.63, 3.8) is 0 Å². The van der Waals surface area contributed by atoms with Crippen LogP contribution < -0.4 is 5.32 Å². The molecule has 0 atom stereocenters. The van der Waals surface area contributed by atoms with Crippen molar-refractivity contribution in [1.29, 1.82) is 5.26 Å². The van der Waals surface area contributed by atoms with E-state index in [1.807, 2.05) is 11.4 Å². The van der Waals surface area contributed by atoms with Gasteiger partial charge >= 0.3 is 0 Å². The highest BCUT2D eigenvalue weighted by atomic mass is 32.1. The van der Waals surface area contributed by atoms with Crippen LogP contribution in [0.3, 0.4) is 0 Å². The van der Waals surface area contributed by atoms with Crippen molar-refractivity contribution in [2.24, 2.45) is 0 Å². The van der Waals surface area contributed by atoms with Crippen LogP contribution >= 0.6 is 11.3 Å². The first-order valence-corrected chi connectivity index (χ1v) is 6.05. The molecular formula is C12H10FN3S. The van der Waals surface area contributed by atoms with E-state index in [0.29, 0.717) is 12.2 Å². The largest absolute Gasteiger partial charge is 0.383 e. The van der Waals surface area contributed by atoms with Crippen molar-refractivity contribution in [3.8, 4) is 6.07 Å². The fourth-order valence-corrected chi connectivity index (χ4v) is 2.06. The minimum absolute atomic E-state index is 0.0609. The third-order valence-corrected chi connectivity index (χ3v) is 2.94. The Morgan fingerprint density at radius 3 is 3.06 bits per heavy atom. The summed E-state index contributed by atoms with van der Waals surface area (Å²) in [5, 5.41) is 13.9. The average Bonchev–Trinajstić information content (AvgIpc) is 2.82. The highest BCUT2D eigenvalue weighted by Gasteiger charge is 2.06. The van der Waals surface area contributed by atoms with Crippen LogP contribution in [0.1, 0.15) is 11.3 Å². The molecule has 0 bridgehead atoms. The topological polar surface area (TPSA) is 48.7 Å². The van der Waals surface area contributed by atoms with Gasteiger partial charge in [0.05, 0.1) is 16.9 Å². The molecule has 1 heterocycles. The van der Waals surface area contributed by atoms with Gasteiger partial charge in [-0.2, -0.15) is 5.26 Å². The quantitative estimate of drug-likeness (QED) is 0.903. The van der Waals surface area contributed by atoms with Crippen molar-refractivity contribution in [2.45, 2.75) is 6.42 Å². The molecule has 0 spiro atoms. The van der Waals surface area contributed by atoms with Gasteiger partial charge in [0.1, 0.15) is 17.4 Å². The van der Waals surface area contributed by atoms with E-state index >= 15 is 0 Å². The van der Waals surface area contributed by atoms with Gasteiger partial charge < -0.3 is 5.32 Å². The molecule has 0 unspecified atom stereocenters. The summed E-state index contributed by atoms with van der Waals surface area (Å²) in [6.45, 7) is 0.627. The Morgan fingerprint density at radius 2 is 2.35 bits per heavy atom. The molecule has 0 saturated carbocycles. The predicted octanol–water partition coefficient (Wildman–Crippen LogP) is 2.81. The lowest BCUT2D eigenvalue weighted by Crippen LogP contribution is -2.07. The lowest BCUT2D eigenvalue weighted by atomic mass is 10.2. The second kappa shape index (κ2) is 5.41. The van der Waals surface area contributed by atoms with Gasteiger partial charge in [-0.1, -0.05) is 6.07 Å². The lowest BCUT2D eigenvalue weighted by molar-refractivity contribution is 0.624. The van der Waals surface area contributed by atoms with Crippen LogP contribution in [-0.4, -0.2) is 11.5 Å². The average molecular weight is 247 g/mol. The van der Waals surface area contributed by atoms with E-state index in [1.165, 1.54) is 6.07 Å². The molecule has 5 heteroatoms. The first-order valence-electron chi connectivity index (χ1n) is 5.11. The summed E-state index contributed by atoms with van der Waals surface area (Å²) in [4.78, 5) is 4.15. The molecular weight excluding hydrogens is 237 g/mol. The molecule has 17 heavy (non-hydrogen) atoms. The number of hydrogen-bond donors (Lipinski definition) is 1. The van der Waals surface area contributed by atoms with Gasteiger partial charge in [-0.3, -0.25) is 0 Å². The Labute approximate surface area is 103 Å². The Morgan fingerprint density at radius 1 is 1.47 bits per heavy atom. The van der Waals surface area contributed by atoms with E-state index in [9.17, 15) is 4.39 Å². The molecule has 86 valence electrons. The number of hydrogen-bond acceptors (Lipinski definition) is 4. The summed E-state index contributed by atoms with van der Waals surface area (Å²) in [6, 6.07) is 6.42. The molecule has 0 amide bonds. The van der Waals surface area contributed by atoms with Crippen molar-refractivity contribution < 1.29 is 4.39 Å². The van der Waals surface area contributed by atoms with Gasteiger partial charge in [-0.25, -0.2) is 9.37 Å². The van der Waals surface area contributed by atoms with Gasteiger partial charge in [-0.05, 0) is 12.1 Å². The first kappa shape index (κ1) is 11.6. The number of nitriles is 1. The molecule has 2 aromatic rings. The molecule has 0 saturated heterocycles. The second-order valence-electron chi connectivity index (χ2n) is 3.43. The molecule has 1 aromatic carbocycles. The number of thiazole rings is 1. The highest BCUT2D eigenvalue weighted by Crippen LogP contribution is 2.17. The predicted molar refractivity (Wildman–Crippen MR) is 65.4 cm³/mol. The Hall–Kier alpha value is -1.93. The van der Waals surface area contributed by atoms with Crippen molar-refractivity contribution in [3.05, 3.63) is 46.2 Å². The number of nitrogens with one attached hydrogen (secondary N) is 1. The zero-order valence-corrected chi connectivity index (χ0v) is 9.80. The van der Waals surface area contributed by atoms with Crippen LogP contribution in [0.2, 0.25) is 0 Å². The minimum atomic E-state index is -0.494. The molecule has 0 radical (unpaired) electrons. The lowest BCUT2D eigenvalue weighted by Gasteiger charge is -2.07. The van der Waals surface area contributed by atoms with E-state index in [1.54, 1.807) is 29.0 Å². The SMILES string of the molecule is N#Cc1c(F)cccc1NCCc1cscn1. The third kappa shape index (κ3) is 2.80. The third-order valence-electron chi connectivity index (χ3n) is 2.31. The van der Waals surface area contributed by atoms with E-state index in [2.05, 4.69) is 10.3 Å². The Balaban J connectivity index is 2.00. The van der Waals surface area contributed by atoms with Crippen LogP contribution in [0.5, 0.6) is 0 Å². The molecule has 0 aliphatic carbocycles. The summed E-state index contributed by atoms with van der Waals surface area (Å²) in [5.41, 5.74) is 3.36. The molecule has 3 nitrogen and oxygen atoms in total. The maximum atomic E-state index is 13.3. The maximum absolute atomic E-state index is 13.3. The van der Waals surface area contributed by atoms with Crippen LogP contribution in [0.15, 0.2) is 29.1 Å². The van der Waals surface area contributed by atoms with E-state index in [-0.39, 0.29) is 5.56 Å². The molecule has 0 aliphatic rings. The van der Waals surface area contributed by atoms with Gasteiger partial charge in [0.25, 0.3) is 0 Å². The summed E-state index contributed by atoms with van der Waals surface area (Å²) in [5.74, 6) is -0.494. The Bertz CT molecular complexity index is 531. The van der Waals surface area contributed by atoms with Crippen LogP contribution in [0, 0.1) is 17.1 Å². The molecule has 0 fully saturated rings. The summed E-state index contributed by atoms with van der Waals surface area (Å²) in [6.07, 6.45) is 0.755. The number of benzene rings is 1. The van der Waals surface area contributed by atoms with E-state index < -0.39 is 5.82 Å². The molecule has 1 aromatic heterocycles. The maximum Gasteiger partial charge on any atom is 0.143 e. The van der Waals surface area contributed by atoms with Crippen LogP contribution in [0.25, 0.3) is 0 Å². The Kier molecular flexibility index (Phi) is 3.68. The summed E-state index contributed by atoms with van der Waals surface area (Å²) >= 11 is 1.54. The number of rotatable bonds is 4. The monoisotopic (exact) mass is 247 g/mol. The highest BCUT2D eigenvalue weighted by molar-refractivity contribution is 7.07. The smallest absolute Gasteiger partial charge is 0.143 e. The van der Waals surface area contributed by atoms with Gasteiger partial charge in [0.15, 0.2) is 0 Å². The summed E-state index contributed by atoms with van der Waals surface area (Å²) < 4.78 is 13.3. The number of aromatic nitrogens is 1. The normalized spacial score (nSPS) is 9.88. The van der Waals surface area contributed by atoms with E-state index in [4.69, 9.17) is 5.26 Å². The van der Waals surface area contributed by atoms with Crippen LogP contribution in [0.4, 0.5) is 10.1 Å². The zero-order chi connectivity index (χ0) is 12.1. The fourth-order valence-electron chi connectivity index (χ4n) is 1.47. The fraction of sp³-hybridized carbons (Fsp3) is 0.167. The number of halogens is 1. The number of nitrogens with zero attached hydrogens (tertiary/aromatic N) is 2. The standard InChI is InChI=1S/C12H10FN3S/c13-11-2-1-3-12(10(11)6-14)15-5-4-9-7-17-8-16-9/h1-3,7-8,15H,4-5H2. The van der Waals surface area contributed by atoms with Crippen LogP contribution in [-0.2, 0) is 6.42 Å². The zero-order valence-electron chi connectivity index (χ0n) is 8.98. The van der Waals surface area contributed by atoms with Gasteiger partial charge in [0, 0.05) is 18.3 Å². The molecule has 2 rings (SSSR count). The molecule has 0 aliphatic heterocycles. The van der Waals surface area contributed by atoms with E-state index in [0.717, 1.165) is 12.1 Å². The minimum Gasteiger partial charge on any atom is -0.383 e. The van der Waals surface area contributed by atoms with Crippen molar-refractivity contribution in [1.82, 2.24) is 4.98 Å². The first-order chi connectivity index (χ1) is 8.31. The number of anilines is 1. The van der Waals surface area contributed by atoms with Gasteiger partial charge in [0.2, 0.25) is 0 Å². The van der Waals surface area contributed by atoms with Crippen molar-refractivity contribution >= 4 is 17.0 Å².